The fraction of sp³-hybridized carbons (Fsp3) is 0.682. The number of nitrogens with zero attached hydrogens (tertiary/aromatic N) is 1. The van der Waals surface area contributed by atoms with E-state index in [1.54, 1.807) is 0 Å². The van der Waals surface area contributed by atoms with Crippen LogP contribution in [0.2, 0.25) is 0 Å². The van der Waals surface area contributed by atoms with Gasteiger partial charge in [0.05, 0.1) is 40.3 Å². The van der Waals surface area contributed by atoms with Crippen LogP contribution in [0.3, 0.4) is 0 Å². The van der Waals surface area contributed by atoms with Gasteiger partial charge in [-0.25, -0.2) is 0 Å². The number of carboxylic acids is 1. The van der Waals surface area contributed by atoms with Gasteiger partial charge < -0.3 is 33.3 Å². The number of likely N-dealkylation sites (N-methyl/N-ethyl adjacent to an activating group) is 1. The summed E-state index contributed by atoms with van der Waals surface area (Å²) in [5.41, 5.74) is 0. The third kappa shape index (κ3) is 57.5. The molecule has 0 aliphatic rings. The smallest absolute Gasteiger partial charge is 0.306 e. The molecule has 9 nitrogen and oxygen atoms in total. The molecule has 0 heterocycles. The number of quaternary nitrogens is 1. The van der Waals surface area contributed by atoms with Crippen LogP contribution in [0, 0.1) is 0 Å². The molecule has 0 aliphatic heterocycles. The minimum absolute atomic E-state index is 0.140. The fourth-order valence-electron chi connectivity index (χ4n) is 7.90. The normalized spacial score (nSPS) is 13.6. The number of carbonyl (C=O) groups is 3. The molecule has 9 heteroatoms. The number of carboxylic acid groups (broad SMARTS) is 1. The minimum atomic E-state index is -1.63. The summed E-state index contributed by atoms with van der Waals surface area (Å²) in [7, 11) is 5.91. The fourth-order valence-corrected chi connectivity index (χ4v) is 7.90. The molecular weight excluding hydrogens is 935 g/mol. The molecule has 0 aromatic carbocycles. The standard InChI is InChI=1S/C66H111NO8/c1-6-8-10-12-14-16-18-20-22-24-25-26-27-28-29-30-31-32-33-34-35-36-37-38-39-41-43-45-47-49-51-53-55-57-64(69)75-62(61-74-66(65(70)71)72-59-58-67(3,4)5)60-73-63(68)56-54-52-50-48-46-44-42-40-23-21-19-17-15-13-11-9-7-2/h8,10,14,16,20-23,25-26,28-29,31-32,34-35,37-38,62,66H,6-7,9,11-13,15,17-19,24,27,30,33,36,39-61H2,1-5H3/b10-8-,16-14-,22-20-,23-21-,26-25-,29-28-,32-31-,35-34-,38-37-. The zero-order chi connectivity index (χ0) is 54.8. The zero-order valence-corrected chi connectivity index (χ0v) is 48.6. The van der Waals surface area contributed by atoms with Crippen LogP contribution >= 0.6 is 0 Å². The molecule has 0 saturated heterocycles. The third-order valence-electron chi connectivity index (χ3n) is 12.5. The average Bonchev–Trinajstić information content (AvgIpc) is 3.38. The Bertz CT molecular complexity index is 1590. The maximum absolute atomic E-state index is 12.9. The van der Waals surface area contributed by atoms with Gasteiger partial charge in [-0.15, -0.1) is 0 Å². The van der Waals surface area contributed by atoms with Gasteiger partial charge in [-0.2, -0.15) is 0 Å². The highest BCUT2D eigenvalue weighted by molar-refractivity contribution is 5.70. The molecule has 0 fully saturated rings. The Morgan fingerprint density at radius 1 is 0.413 bits per heavy atom. The largest absolute Gasteiger partial charge is 0.545 e. The summed E-state index contributed by atoms with van der Waals surface area (Å²) in [6, 6.07) is 0. The van der Waals surface area contributed by atoms with E-state index >= 15 is 0 Å². The van der Waals surface area contributed by atoms with Gasteiger partial charge in [-0.1, -0.05) is 226 Å². The Labute approximate surface area is 460 Å². The molecule has 428 valence electrons. The van der Waals surface area contributed by atoms with Crippen molar-refractivity contribution in [3.8, 4) is 0 Å². The van der Waals surface area contributed by atoms with Gasteiger partial charge in [0, 0.05) is 12.8 Å². The van der Waals surface area contributed by atoms with Crippen molar-refractivity contribution in [2.75, 3.05) is 47.5 Å². The van der Waals surface area contributed by atoms with E-state index in [1.807, 2.05) is 21.1 Å². The van der Waals surface area contributed by atoms with Crippen LogP contribution in [0.4, 0.5) is 0 Å². The summed E-state index contributed by atoms with van der Waals surface area (Å²) >= 11 is 0. The first-order valence-corrected chi connectivity index (χ1v) is 30.0. The van der Waals surface area contributed by atoms with E-state index < -0.39 is 24.3 Å². The summed E-state index contributed by atoms with van der Waals surface area (Å²) in [6.45, 7) is 4.61. The van der Waals surface area contributed by atoms with Gasteiger partial charge >= 0.3 is 11.9 Å². The van der Waals surface area contributed by atoms with Crippen LogP contribution in [0.5, 0.6) is 0 Å². The summed E-state index contributed by atoms with van der Waals surface area (Å²) in [6.07, 6.45) is 74.2. The third-order valence-corrected chi connectivity index (χ3v) is 12.5. The first-order chi connectivity index (χ1) is 36.6. The molecule has 0 aromatic heterocycles. The lowest BCUT2D eigenvalue weighted by atomic mass is 10.1. The Kier molecular flexibility index (Phi) is 53.1. The quantitative estimate of drug-likeness (QED) is 0.0195. The van der Waals surface area contributed by atoms with E-state index in [4.69, 9.17) is 18.9 Å². The Morgan fingerprint density at radius 3 is 1.15 bits per heavy atom. The molecule has 0 amide bonds. The average molecular weight is 1050 g/mol. The molecule has 0 N–H and O–H groups in total. The highest BCUT2D eigenvalue weighted by Crippen LogP contribution is 2.15. The minimum Gasteiger partial charge on any atom is -0.545 e. The Morgan fingerprint density at radius 2 is 0.760 bits per heavy atom. The van der Waals surface area contributed by atoms with Gasteiger partial charge in [0.2, 0.25) is 0 Å². The molecule has 0 aliphatic carbocycles. The predicted octanol–water partition coefficient (Wildman–Crippen LogP) is 16.6. The van der Waals surface area contributed by atoms with E-state index in [1.165, 1.54) is 89.9 Å². The van der Waals surface area contributed by atoms with Crippen molar-refractivity contribution in [2.45, 2.75) is 245 Å². The number of hydrogen-bond donors (Lipinski definition) is 0. The number of unbranched alkanes of at least 4 members (excludes halogenated alkanes) is 21. The second-order valence-electron chi connectivity index (χ2n) is 20.9. The lowest BCUT2D eigenvalue weighted by Crippen LogP contribution is -2.44. The van der Waals surface area contributed by atoms with Crippen LogP contribution in [0.1, 0.15) is 232 Å². The summed E-state index contributed by atoms with van der Waals surface area (Å²) < 4.78 is 22.7. The second-order valence-corrected chi connectivity index (χ2v) is 20.9. The highest BCUT2D eigenvalue weighted by atomic mass is 16.7. The SMILES string of the molecule is CC/C=C\C/C=C\C/C=C\C/C=C\C/C=C\C/C=C\C/C=C\C/C=C\CCCCCCCCCCC(=O)OC(COC(=O)CCCCCCCCC/C=C\CCCCCCCC)COC(OCC[N+](C)(C)C)C(=O)[O-]. The van der Waals surface area contributed by atoms with Crippen LogP contribution in [0.25, 0.3) is 0 Å². The first-order valence-electron chi connectivity index (χ1n) is 30.0. The van der Waals surface area contributed by atoms with E-state index in [2.05, 4.69) is 123 Å². The van der Waals surface area contributed by atoms with Gasteiger partial charge in [-0.3, -0.25) is 9.59 Å². The number of allylic oxidation sites excluding steroid dienone is 18. The van der Waals surface area contributed by atoms with E-state index in [0.29, 0.717) is 17.4 Å². The molecular formula is C66H111NO8. The van der Waals surface area contributed by atoms with Gasteiger partial charge in [0.15, 0.2) is 12.4 Å². The molecule has 0 rings (SSSR count). The molecule has 0 radical (unpaired) electrons. The van der Waals surface area contributed by atoms with Crippen molar-refractivity contribution >= 4 is 17.9 Å². The van der Waals surface area contributed by atoms with Crippen LogP contribution in [-0.4, -0.2) is 82.3 Å². The number of carbonyl (C=O) groups excluding carboxylic acids is 3. The zero-order valence-electron chi connectivity index (χ0n) is 48.6. The van der Waals surface area contributed by atoms with Crippen molar-refractivity contribution in [3.63, 3.8) is 0 Å². The van der Waals surface area contributed by atoms with Crippen molar-refractivity contribution < 1.29 is 42.9 Å². The second kappa shape index (κ2) is 56.2. The van der Waals surface area contributed by atoms with Crippen LogP contribution in [0.15, 0.2) is 109 Å². The number of hydrogen-bond acceptors (Lipinski definition) is 8. The lowest BCUT2D eigenvalue weighted by molar-refractivity contribution is -0.870. The van der Waals surface area contributed by atoms with E-state index in [-0.39, 0.29) is 38.6 Å². The molecule has 75 heavy (non-hydrogen) atoms. The first kappa shape index (κ1) is 71.0. The number of ether oxygens (including phenoxy) is 4. The van der Waals surface area contributed by atoms with Crippen molar-refractivity contribution in [1.82, 2.24) is 0 Å². The lowest BCUT2D eigenvalue weighted by Gasteiger charge is -2.26. The van der Waals surface area contributed by atoms with Gasteiger partial charge in [0.1, 0.15) is 13.2 Å². The molecule has 0 spiro atoms. The van der Waals surface area contributed by atoms with Gasteiger partial charge in [0.25, 0.3) is 0 Å². The van der Waals surface area contributed by atoms with Gasteiger partial charge in [-0.05, 0) is 103 Å². The van der Waals surface area contributed by atoms with Crippen molar-refractivity contribution in [2.24, 2.45) is 0 Å². The highest BCUT2D eigenvalue weighted by Gasteiger charge is 2.22. The van der Waals surface area contributed by atoms with Crippen molar-refractivity contribution in [1.29, 1.82) is 0 Å². The molecule has 0 aromatic rings. The van der Waals surface area contributed by atoms with E-state index in [9.17, 15) is 19.5 Å². The Hall–Kier alpha value is -4.05. The maximum Gasteiger partial charge on any atom is 0.306 e. The summed E-state index contributed by atoms with van der Waals surface area (Å²) in [5, 5.41) is 11.8. The number of rotatable bonds is 54. The molecule has 2 unspecified atom stereocenters. The monoisotopic (exact) mass is 1050 g/mol. The molecule has 0 bridgehead atoms. The number of esters is 2. The van der Waals surface area contributed by atoms with Crippen molar-refractivity contribution in [3.05, 3.63) is 109 Å². The van der Waals surface area contributed by atoms with Crippen LogP contribution in [-0.2, 0) is 33.3 Å². The number of aliphatic carboxylic acids is 1. The Balaban J connectivity index is 4.25. The van der Waals surface area contributed by atoms with E-state index in [0.717, 1.165) is 109 Å². The topological polar surface area (TPSA) is 111 Å². The van der Waals surface area contributed by atoms with Crippen LogP contribution < -0.4 is 5.11 Å². The summed E-state index contributed by atoms with van der Waals surface area (Å²) in [4.78, 5) is 37.3. The molecule has 0 saturated carbocycles. The molecule has 2 atom stereocenters. The summed E-state index contributed by atoms with van der Waals surface area (Å²) in [5.74, 6) is -2.31. The maximum atomic E-state index is 12.9. The predicted molar refractivity (Wildman–Crippen MR) is 315 cm³/mol.